The van der Waals surface area contributed by atoms with E-state index in [1.54, 1.807) is 7.11 Å². The van der Waals surface area contributed by atoms with Gasteiger partial charge >= 0.3 is 0 Å². The second-order valence-electron chi connectivity index (χ2n) is 3.85. The largest absolute Gasteiger partial charge is 0.383 e. The normalized spacial score (nSPS) is 18.9. The highest BCUT2D eigenvalue weighted by Gasteiger charge is 2.30. The molecule has 0 saturated heterocycles. The lowest BCUT2D eigenvalue weighted by atomic mass is 10.2. The highest BCUT2D eigenvalue weighted by atomic mass is 16.5. The Morgan fingerprint density at radius 1 is 1.46 bits per heavy atom. The van der Waals surface area contributed by atoms with Crippen LogP contribution in [-0.4, -0.2) is 32.8 Å². The fourth-order valence-corrected chi connectivity index (χ4v) is 1.60. The molecule has 0 spiro atoms. The van der Waals surface area contributed by atoms with Crippen LogP contribution in [0.5, 0.6) is 0 Å². The summed E-state index contributed by atoms with van der Waals surface area (Å²) in [6.07, 6.45) is 5.05. The molecular formula is C10H22N2O. The topological polar surface area (TPSA) is 47.3 Å². The van der Waals surface area contributed by atoms with Gasteiger partial charge < -0.3 is 15.8 Å². The zero-order valence-electron chi connectivity index (χ0n) is 8.59. The standard InChI is InChI=1S/C10H22N2O/c1-13-8-10(9-4-5-9)12-7-3-2-6-11/h9-10,12H,2-8,11H2,1H3. The predicted molar refractivity (Wildman–Crippen MR) is 54.7 cm³/mol. The summed E-state index contributed by atoms with van der Waals surface area (Å²) < 4.78 is 5.18. The molecule has 0 aliphatic heterocycles. The third-order valence-electron chi connectivity index (χ3n) is 2.57. The Bertz CT molecular complexity index is 126. The van der Waals surface area contributed by atoms with E-state index < -0.39 is 0 Å². The van der Waals surface area contributed by atoms with Crippen molar-refractivity contribution in [2.45, 2.75) is 31.7 Å². The van der Waals surface area contributed by atoms with Crippen molar-refractivity contribution in [3.63, 3.8) is 0 Å². The quantitative estimate of drug-likeness (QED) is 0.550. The minimum atomic E-state index is 0.586. The summed E-state index contributed by atoms with van der Waals surface area (Å²) in [4.78, 5) is 0. The summed E-state index contributed by atoms with van der Waals surface area (Å²) in [6, 6.07) is 0.586. The Labute approximate surface area is 81.0 Å². The van der Waals surface area contributed by atoms with E-state index in [9.17, 15) is 0 Å². The van der Waals surface area contributed by atoms with E-state index in [0.29, 0.717) is 6.04 Å². The lowest BCUT2D eigenvalue weighted by Gasteiger charge is -2.16. The molecule has 1 unspecified atom stereocenters. The maximum Gasteiger partial charge on any atom is 0.0618 e. The van der Waals surface area contributed by atoms with E-state index in [-0.39, 0.29) is 0 Å². The van der Waals surface area contributed by atoms with Crippen LogP contribution in [0.1, 0.15) is 25.7 Å². The number of hydrogen-bond acceptors (Lipinski definition) is 3. The minimum absolute atomic E-state index is 0.586. The van der Waals surface area contributed by atoms with Crippen LogP contribution >= 0.6 is 0 Å². The first-order valence-electron chi connectivity index (χ1n) is 5.31. The Morgan fingerprint density at radius 3 is 2.77 bits per heavy atom. The van der Waals surface area contributed by atoms with Gasteiger partial charge in [0.2, 0.25) is 0 Å². The molecule has 0 amide bonds. The van der Waals surface area contributed by atoms with Gasteiger partial charge in [0, 0.05) is 13.2 Å². The highest BCUT2D eigenvalue weighted by molar-refractivity contribution is 4.86. The Balaban J connectivity index is 2.00. The molecule has 1 aliphatic rings. The fourth-order valence-electron chi connectivity index (χ4n) is 1.60. The summed E-state index contributed by atoms with van der Waals surface area (Å²) in [6.45, 7) is 2.75. The van der Waals surface area contributed by atoms with Crippen molar-refractivity contribution in [3.05, 3.63) is 0 Å². The Hall–Kier alpha value is -0.120. The van der Waals surface area contributed by atoms with E-state index in [0.717, 1.165) is 32.0 Å². The minimum Gasteiger partial charge on any atom is -0.383 e. The number of nitrogens with two attached hydrogens (primary N) is 1. The van der Waals surface area contributed by atoms with E-state index in [1.165, 1.54) is 19.3 Å². The zero-order chi connectivity index (χ0) is 9.52. The molecule has 0 heterocycles. The summed E-state index contributed by atoms with van der Waals surface area (Å²) in [5.41, 5.74) is 5.42. The molecule has 13 heavy (non-hydrogen) atoms. The average Bonchev–Trinajstić information content (AvgIpc) is 2.93. The van der Waals surface area contributed by atoms with Crippen LogP contribution in [0, 0.1) is 5.92 Å². The molecule has 1 rings (SSSR count). The van der Waals surface area contributed by atoms with Gasteiger partial charge in [-0.15, -0.1) is 0 Å². The Morgan fingerprint density at radius 2 is 2.23 bits per heavy atom. The van der Waals surface area contributed by atoms with E-state index in [2.05, 4.69) is 5.32 Å². The summed E-state index contributed by atoms with van der Waals surface area (Å²) >= 11 is 0. The monoisotopic (exact) mass is 186 g/mol. The number of ether oxygens (including phenoxy) is 1. The van der Waals surface area contributed by atoms with Gasteiger partial charge in [0.25, 0.3) is 0 Å². The van der Waals surface area contributed by atoms with Crippen molar-refractivity contribution < 1.29 is 4.74 Å². The molecule has 1 fully saturated rings. The first kappa shape index (κ1) is 11.0. The second kappa shape index (κ2) is 6.35. The third-order valence-corrected chi connectivity index (χ3v) is 2.57. The maximum atomic E-state index is 5.42. The van der Waals surface area contributed by atoms with Gasteiger partial charge in [-0.1, -0.05) is 0 Å². The molecule has 78 valence electrons. The van der Waals surface area contributed by atoms with Gasteiger partial charge in [0.1, 0.15) is 0 Å². The summed E-state index contributed by atoms with van der Waals surface area (Å²) in [5.74, 6) is 0.873. The van der Waals surface area contributed by atoms with Crippen LogP contribution in [0.25, 0.3) is 0 Å². The molecule has 1 atom stereocenters. The molecule has 0 radical (unpaired) electrons. The SMILES string of the molecule is COCC(NCCCCN)C1CC1. The first-order valence-corrected chi connectivity index (χ1v) is 5.31. The molecule has 3 nitrogen and oxygen atoms in total. The van der Waals surface area contributed by atoms with E-state index in [1.807, 2.05) is 0 Å². The van der Waals surface area contributed by atoms with Gasteiger partial charge in [0.05, 0.1) is 6.61 Å². The molecule has 1 saturated carbocycles. The summed E-state index contributed by atoms with van der Waals surface area (Å²) in [7, 11) is 1.77. The molecule has 1 aliphatic carbocycles. The van der Waals surface area contributed by atoms with Gasteiger partial charge in [-0.05, 0) is 44.7 Å². The maximum absolute atomic E-state index is 5.42. The van der Waals surface area contributed by atoms with Crippen LogP contribution < -0.4 is 11.1 Å². The molecule has 0 bridgehead atoms. The van der Waals surface area contributed by atoms with E-state index >= 15 is 0 Å². The molecule has 0 aromatic heterocycles. The average molecular weight is 186 g/mol. The van der Waals surface area contributed by atoms with Crippen molar-refractivity contribution in [1.82, 2.24) is 5.32 Å². The lowest BCUT2D eigenvalue weighted by molar-refractivity contribution is 0.157. The molecule has 3 N–H and O–H groups in total. The van der Waals surface area contributed by atoms with Crippen molar-refractivity contribution in [2.75, 3.05) is 26.8 Å². The van der Waals surface area contributed by atoms with E-state index in [4.69, 9.17) is 10.5 Å². The first-order chi connectivity index (χ1) is 6.38. The number of nitrogens with one attached hydrogen (secondary N) is 1. The van der Waals surface area contributed by atoms with Crippen molar-refractivity contribution in [1.29, 1.82) is 0 Å². The van der Waals surface area contributed by atoms with Crippen LogP contribution in [0.4, 0.5) is 0 Å². The van der Waals surface area contributed by atoms with Gasteiger partial charge in [-0.2, -0.15) is 0 Å². The van der Waals surface area contributed by atoms with Crippen molar-refractivity contribution >= 4 is 0 Å². The Kier molecular flexibility index (Phi) is 5.35. The smallest absolute Gasteiger partial charge is 0.0618 e. The number of unbranched alkanes of at least 4 members (excludes halogenated alkanes) is 1. The summed E-state index contributed by atoms with van der Waals surface area (Å²) in [5, 5.41) is 3.54. The van der Waals surface area contributed by atoms with Crippen LogP contribution in [-0.2, 0) is 4.74 Å². The van der Waals surface area contributed by atoms with Gasteiger partial charge in [-0.3, -0.25) is 0 Å². The second-order valence-corrected chi connectivity index (χ2v) is 3.85. The van der Waals surface area contributed by atoms with Crippen LogP contribution in [0.15, 0.2) is 0 Å². The molecule has 3 heteroatoms. The number of hydrogen-bond donors (Lipinski definition) is 2. The van der Waals surface area contributed by atoms with Gasteiger partial charge in [-0.25, -0.2) is 0 Å². The fraction of sp³-hybridized carbons (Fsp3) is 1.00. The number of methoxy groups -OCH3 is 1. The van der Waals surface area contributed by atoms with Crippen LogP contribution in [0.2, 0.25) is 0 Å². The predicted octanol–water partition coefficient (Wildman–Crippen LogP) is 0.740. The van der Waals surface area contributed by atoms with Crippen molar-refractivity contribution in [2.24, 2.45) is 11.7 Å². The zero-order valence-corrected chi connectivity index (χ0v) is 8.59. The van der Waals surface area contributed by atoms with Gasteiger partial charge in [0.15, 0.2) is 0 Å². The van der Waals surface area contributed by atoms with Crippen molar-refractivity contribution in [3.8, 4) is 0 Å². The molecule has 0 aromatic rings. The molecular weight excluding hydrogens is 164 g/mol. The number of rotatable bonds is 8. The third kappa shape index (κ3) is 4.60. The highest BCUT2D eigenvalue weighted by Crippen LogP contribution is 2.32. The lowest BCUT2D eigenvalue weighted by Crippen LogP contribution is -2.35. The van der Waals surface area contributed by atoms with Crippen LogP contribution in [0.3, 0.4) is 0 Å². The molecule has 0 aromatic carbocycles.